The van der Waals surface area contributed by atoms with Crippen molar-refractivity contribution in [3.8, 4) is 11.6 Å². The quantitative estimate of drug-likeness (QED) is 0.351. The lowest BCUT2D eigenvalue weighted by molar-refractivity contribution is -0.905. The fraction of sp³-hybridized carbons (Fsp3) is 0.545. The monoisotopic (exact) mass is 418 g/mol. The van der Waals surface area contributed by atoms with E-state index in [0.29, 0.717) is 17.1 Å². The van der Waals surface area contributed by atoms with Gasteiger partial charge in [0, 0.05) is 0 Å². The highest BCUT2D eigenvalue weighted by atomic mass is 32.2. The number of nitrogens with zero attached hydrogens (tertiary/aromatic N) is 2. The second-order valence-corrected chi connectivity index (χ2v) is 8.51. The van der Waals surface area contributed by atoms with Crippen molar-refractivity contribution in [3.63, 3.8) is 0 Å². The molecule has 2 heterocycles. The lowest BCUT2D eigenvalue weighted by Gasteiger charge is -2.23. The molecule has 1 saturated heterocycles. The largest absolute Gasteiger partial charge is 0.493 e. The molecule has 0 radical (unpaired) electrons. The molecule has 0 bridgehead atoms. The van der Waals surface area contributed by atoms with E-state index in [0.717, 1.165) is 70.0 Å². The van der Waals surface area contributed by atoms with Gasteiger partial charge in [-0.2, -0.15) is 4.98 Å². The van der Waals surface area contributed by atoms with Crippen molar-refractivity contribution in [1.29, 1.82) is 0 Å². The average Bonchev–Trinajstić information content (AvgIpc) is 2.74. The van der Waals surface area contributed by atoms with Gasteiger partial charge in [-0.25, -0.2) is 0 Å². The summed E-state index contributed by atoms with van der Waals surface area (Å²) in [6.45, 7) is 6.79. The topological polar surface area (TPSA) is 68.8 Å². The Morgan fingerprint density at radius 3 is 2.66 bits per heavy atom. The van der Waals surface area contributed by atoms with E-state index in [1.165, 1.54) is 16.7 Å². The van der Waals surface area contributed by atoms with Gasteiger partial charge in [-0.15, -0.1) is 0 Å². The number of aromatic nitrogens is 2. The van der Waals surface area contributed by atoms with Crippen molar-refractivity contribution < 1.29 is 14.7 Å². The lowest BCUT2D eigenvalue weighted by atomic mass is 10.1. The van der Waals surface area contributed by atoms with Gasteiger partial charge in [0.25, 0.3) is 5.56 Å². The molecule has 0 atom stereocenters. The Labute approximate surface area is 176 Å². The first-order chi connectivity index (χ1) is 14.2. The van der Waals surface area contributed by atoms with Crippen LogP contribution in [0.25, 0.3) is 5.69 Å². The third-order valence-electron chi connectivity index (χ3n) is 5.31. The minimum absolute atomic E-state index is 0.111. The van der Waals surface area contributed by atoms with Gasteiger partial charge in [0.2, 0.25) is 5.88 Å². The van der Waals surface area contributed by atoms with Crippen LogP contribution in [-0.2, 0) is 11.2 Å². The predicted octanol–water partition coefficient (Wildman–Crippen LogP) is 2.07. The van der Waals surface area contributed by atoms with Crippen molar-refractivity contribution >= 4 is 11.8 Å². The summed E-state index contributed by atoms with van der Waals surface area (Å²) in [6, 6.07) is 9.60. The number of unbranched alkanes of at least 4 members (excludes halogenated alkanes) is 3. The third kappa shape index (κ3) is 6.07. The Morgan fingerprint density at radius 2 is 1.93 bits per heavy atom. The molecule has 0 amide bonds. The van der Waals surface area contributed by atoms with Crippen molar-refractivity contribution in [2.75, 3.05) is 38.6 Å². The molecule has 29 heavy (non-hydrogen) atoms. The Bertz CT molecular complexity index is 820. The molecular weight excluding hydrogens is 386 g/mol. The minimum atomic E-state index is -0.151. The highest BCUT2D eigenvalue weighted by Crippen LogP contribution is 2.23. The van der Waals surface area contributed by atoms with E-state index in [-0.39, 0.29) is 11.4 Å². The summed E-state index contributed by atoms with van der Waals surface area (Å²) in [5.74, 6) is 0.726. The van der Waals surface area contributed by atoms with Crippen LogP contribution in [-0.4, -0.2) is 53.3 Å². The van der Waals surface area contributed by atoms with Gasteiger partial charge < -0.3 is 14.7 Å². The van der Waals surface area contributed by atoms with Crippen LogP contribution in [0.3, 0.4) is 0 Å². The average molecular weight is 419 g/mol. The zero-order valence-corrected chi connectivity index (χ0v) is 18.0. The van der Waals surface area contributed by atoms with Crippen LogP contribution < -0.4 is 10.5 Å². The Balaban J connectivity index is 1.81. The molecule has 1 aliphatic rings. The number of hydrogen-bond donors (Lipinski definition) is 2. The highest BCUT2D eigenvalue weighted by Gasteiger charge is 2.19. The maximum atomic E-state index is 13.3. The molecule has 0 unspecified atom stereocenters. The van der Waals surface area contributed by atoms with Crippen LogP contribution in [0.4, 0.5) is 0 Å². The molecule has 2 aromatic rings. The molecule has 1 fully saturated rings. The molecule has 1 aromatic carbocycles. The Hall–Kier alpha value is -1.83. The zero-order valence-electron chi connectivity index (χ0n) is 17.2. The SMILES string of the molecule is CCCCCCc1c(O)nc(SCC[NH+]2CCOCC2)n(-c2ccccc2)c1=O. The van der Waals surface area contributed by atoms with Gasteiger partial charge in [0.1, 0.15) is 13.1 Å². The number of morpholine rings is 1. The minimum Gasteiger partial charge on any atom is -0.493 e. The van der Waals surface area contributed by atoms with Crippen LogP contribution in [0.5, 0.6) is 5.88 Å². The van der Waals surface area contributed by atoms with Crippen LogP contribution in [0.1, 0.15) is 38.2 Å². The summed E-state index contributed by atoms with van der Waals surface area (Å²) in [7, 11) is 0. The summed E-state index contributed by atoms with van der Waals surface area (Å²) < 4.78 is 7.08. The van der Waals surface area contributed by atoms with Gasteiger partial charge in [0.15, 0.2) is 5.16 Å². The maximum Gasteiger partial charge on any atom is 0.265 e. The number of thioether (sulfide) groups is 1. The number of quaternary nitrogens is 1. The highest BCUT2D eigenvalue weighted by molar-refractivity contribution is 7.99. The van der Waals surface area contributed by atoms with Crippen LogP contribution in [0, 0.1) is 0 Å². The second-order valence-electron chi connectivity index (χ2n) is 7.44. The number of para-hydroxylation sites is 1. The Morgan fingerprint density at radius 1 is 1.17 bits per heavy atom. The van der Waals surface area contributed by atoms with Crippen LogP contribution in [0.2, 0.25) is 0 Å². The smallest absolute Gasteiger partial charge is 0.265 e. The van der Waals surface area contributed by atoms with Gasteiger partial charge in [-0.1, -0.05) is 56.1 Å². The number of benzene rings is 1. The molecule has 6 nitrogen and oxygen atoms in total. The first-order valence-electron chi connectivity index (χ1n) is 10.6. The van der Waals surface area contributed by atoms with Gasteiger partial charge in [-0.3, -0.25) is 9.36 Å². The maximum absolute atomic E-state index is 13.3. The molecule has 0 saturated carbocycles. The third-order valence-corrected chi connectivity index (χ3v) is 6.25. The molecule has 0 spiro atoms. The molecule has 158 valence electrons. The first kappa shape index (κ1) is 21.9. The lowest BCUT2D eigenvalue weighted by Crippen LogP contribution is -3.14. The van der Waals surface area contributed by atoms with E-state index in [4.69, 9.17) is 4.74 Å². The van der Waals surface area contributed by atoms with E-state index < -0.39 is 0 Å². The normalized spacial score (nSPS) is 14.9. The van der Waals surface area contributed by atoms with Gasteiger partial charge >= 0.3 is 0 Å². The summed E-state index contributed by atoms with van der Waals surface area (Å²) >= 11 is 1.53. The van der Waals surface area contributed by atoms with Crippen LogP contribution >= 0.6 is 11.8 Å². The number of ether oxygens (including phenoxy) is 1. The molecule has 0 aliphatic carbocycles. The standard InChI is InChI=1S/C22H31N3O3S/c1-2-3-4-8-11-19-20(26)23-22(29-17-14-24-12-15-28-16-13-24)25(21(19)27)18-9-6-5-7-10-18/h5-7,9-10,26H,2-4,8,11-17H2,1H3/p+1. The number of rotatable bonds is 10. The van der Waals surface area contributed by atoms with Crippen molar-refractivity contribution in [2.45, 2.75) is 44.2 Å². The molecule has 7 heteroatoms. The first-order valence-corrected chi connectivity index (χ1v) is 11.6. The van der Waals surface area contributed by atoms with Crippen molar-refractivity contribution in [1.82, 2.24) is 9.55 Å². The fourth-order valence-electron chi connectivity index (χ4n) is 3.57. The Kier molecular flexibility index (Phi) is 8.58. The van der Waals surface area contributed by atoms with Crippen molar-refractivity contribution in [2.24, 2.45) is 0 Å². The van der Waals surface area contributed by atoms with Gasteiger partial charge in [0.05, 0.1) is 36.8 Å². The summed E-state index contributed by atoms with van der Waals surface area (Å²) in [5, 5.41) is 11.0. The van der Waals surface area contributed by atoms with E-state index in [1.54, 1.807) is 4.57 Å². The number of nitrogens with one attached hydrogen (secondary N) is 1. The van der Waals surface area contributed by atoms with E-state index >= 15 is 0 Å². The molecular formula is C22H32N3O3S+. The molecule has 3 rings (SSSR count). The summed E-state index contributed by atoms with van der Waals surface area (Å²) in [5.41, 5.74) is 1.07. The van der Waals surface area contributed by atoms with E-state index in [2.05, 4.69) is 11.9 Å². The molecule has 2 N–H and O–H groups in total. The number of aromatic hydroxyl groups is 1. The van der Waals surface area contributed by atoms with Crippen molar-refractivity contribution in [3.05, 3.63) is 46.2 Å². The van der Waals surface area contributed by atoms with E-state index in [9.17, 15) is 9.90 Å². The summed E-state index contributed by atoms with van der Waals surface area (Å²) in [6.07, 6.45) is 4.78. The van der Waals surface area contributed by atoms with Crippen LogP contribution in [0.15, 0.2) is 40.3 Å². The fourth-order valence-corrected chi connectivity index (χ4v) is 4.61. The zero-order chi connectivity index (χ0) is 20.5. The van der Waals surface area contributed by atoms with Gasteiger partial charge in [-0.05, 0) is 25.0 Å². The molecule has 1 aromatic heterocycles. The predicted molar refractivity (Wildman–Crippen MR) is 116 cm³/mol. The second kappa shape index (κ2) is 11.4. The number of hydrogen-bond acceptors (Lipinski definition) is 5. The molecule has 1 aliphatic heterocycles. The van der Waals surface area contributed by atoms with E-state index in [1.807, 2.05) is 30.3 Å². The summed E-state index contributed by atoms with van der Waals surface area (Å²) in [4.78, 5) is 19.2.